The van der Waals surface area contributed by atoms with E-state index in [1.54, 1.807) is 7.11 Å². The molecule has 2 aromatic carbocycles. The lowest BCUT2D eigenvalue weighted by molar-refractivity contribution is -0.113. The molecule has 1 fully saturated rings. The van der Waals surface area contributed by atoms with Gasteiger partial charge in [0.25, 0.3) is 0 Å². The monoisotopic (exact) mass is 437 g/mol. The van der Waals surface area contributed by atoms with Crippen LogP contribution in [0, 0.1) is 0 Å². The molecule has 0 atom stereocenters. The number of carbonyl (C=O) groups is 1. The maximum Gasteiger partial charge on any atom is 0.236 e. The third kappa shape index (κ3) is 3.90. The molecule has 1 saturated carbocycles. The van der Waals surface area contributed by atoms with Crippen LogP contribution in [0.4, 0.5) is 5.13 Å². The molecular weight excluding hydrogens is 418 g/mol. The number of nitrogens with one attached hydrogen (secondary N) is 1. The molecule has 152 valence electrons. The Morgan fingerprint density at radius 2 is 2.07 bits per heavy atom. The van der Waals surface area contributed by atoms with E-state index >= 15 is 0 Å². The van der Waals surface area contributed by atoms with Gasteiger partial charge in [0, 0.05) is 11.6 Å². The average Bonchev–Trinajstić information content (AvgIpc) is 3.40. The van der Waals surface area contributed by atoms with Crippen molar-refractivity contribution in [2.24, 2.45) is 0 Å². The zero-order valence-corrected chi connectivity index (χ0v) is 17.9. The summed E-state index contributed by atoms with van der Waals surface area (Å²) in [6, 6.07) is 15.7. The fraction of sp³-hybridized carbons (Fsp3) is 0.238. The molecule has 5 rings (SSSR count). The number of carbonyl (C=O) groups excluding carboxylic acids is 1. The number of nitrogens with zero attached hydrogens (tertiary/aromatic N) is 4. The first-order chi connectivity index (χ1) is 14.7. The number of thioether (sulfide) groups is 1. The van der Waals surface area contributed by atoms with Gasteiger partial charge in [0.05, 0.1) is 23.1 Å². The Morgan fingerprint density at radius 3 is 2.83 bits per heavy atom. The first-order valence-corrected chi connectivity index (χ1v) is 11.4. The molecule has 0 spiro atoms. The number of thiazole rings is 1. The Labute approximate surface area is 181 Å². The van der Waals surface area contributed by atoms with Gasteiger partial charge >= 0.3 is 0 Å². The summed E-state index contributed by atoms with van der Waals surface area (Å²) in [7, 11) is 1.63. The van der Waals surface area contributed by atoms with E-state index in [0.717, 1.165) is 45.5 Å². The van der Waals surface area contributed by atoms with Crippen LogP contribution >= 0.6 is 23.1 Å². The van der Waals surface area contributed by atoms with Gasteiger partial charge in [-0.1, -0.05) is 41.3 Å². The van der Waals surface area contributed by atoms with Crippen molar-refractivity contribution in [3.05, 3.63) is 54.4 Å². The van der Waals surface area contributed by atoms with Crippen molar-refractivity contribution >= 4 is 44.4 Å². The van der Waals surface area contributed by atoms with E-state index in [0.29, 0.717) is 11.0 Å². The summed E-state index contributed by atoms with van der Waals surface area (Å²) in [5.41, 5.74) is 1.86. The van der Waals surface area contributed by atoms with Gasteiger partial charge in [-0.05, 0) is 43.2 Å². The van der Waals surface area contributed by atoms with Crippen LogP contribution in [0.25, 0.3) is 15.9 Å². The third-order valence-electron chi connectivity index (χ3n) is 4.79. The number of ether oxygens (including phenoxy) is 1. The van der Waals surface area contributed by atoms with Gasteiger partial charge in [-0.2, -0.15) is 0 Å². The van der Waals surface area contributed by atoms with Crippen LogP contribution in [0.5, 0.6) is 5.75 Å². The van der Waals surface area contributed by atoms with Crippen LogP contribution in [-0.4, -0.2) is 38.5 Å². The number of fused-ring (bicyclic) bond motifs is 1. The predicted molar refractivity (Wildman–Crippen MR) is 119 cm³/mol. The number of para-hydroxylation sites is 1. The minimum atomic E-state index is -0.124. The molecule has 2 heterocycles. The fourth-order valence-electron chi connectivity index (χ4n) is 3.17. The Hall–Kier alpha value is -2.91. The quantitative estimate of drug-likeness (QED) is 0.429. The smallest absolute Gasteiger partial charge is 0.236 e. The lowest BCUT2D eigenvalue weighted by Crippen LogP contribution is -2.14. The molecule has 1 N–H and O–H groups in total. The lowest BCUT2D eigenvalue weighted by atomic mass is 10.3. The van der Waals surface area contributed by atoms with Crippen molar-refractivity contribution in [2.45, 2.75) is 23.9 Å². The number of benzene rings is 2. The fourth-order valence-corrected chi connectivity index (χ4v) is 4.84. The lowest BCUT2D eigenvalue weighted by Gasteiger charge is -2.09. The summed E-state index contributed by atoms with van der Waals surface area (Å²) in [6.07, 6.45) is 2.27. The minimum Gasteiger partial charge on any atom is -0.497 e. The maximum absolute atomic E-state index is 12.5. The van der Waals surface area contributed by atoms with Gasteiger partial charge in [-0.3, -0.25) is 9.36 Å². The summed E-state index contributed by atoms with van der Waals surface area (Å²) in [5, 5.41) is 13.0. The molecule has 0 bridgehead atoms. The Balaban J connectivity index is 1.30. The van der Waals surface area contributed by atoms with Gasteiger partial charge < -0.3 is 10.1 Å². The van der Waals surface area contributed by atoms with E-state index < -0.39 is 0 Å². The summed E-state index contributed by atoms with van der Waals surface area (Å²) >= 11 is 2.81. The van der Waals surface area contributed by atoms with E-state index in [-0.39, 0.29) is 11.7 Å². The topological polar surface area (TPSA) is 81.9 Å². The second-order valence-electron chi connectivity index (χ2n) is 6.98. The van der Waals surface area contributed by atoms with Crippen LogP contribution in [-0.2, 0) is 4.79 Å². The van der Waals surface area contributed by atoms with Gasteiger partial charge in [0.15, 0.2) is 10.3 Å². The second kappa shape index (κ2) is 8.08. The molecule has 0 aliphatic heterocycles. The van der Waals surface area contributed by atoms with Crippen molar-refractivity contribution in [2.75, 3.05) is 18.2 Å². The van der Waals surface area contributed by atoms with Gasteiger partial charge in [0.2, 0.25) is 5.91 Å². The van der Waals surface area contributed by atoms with E-state index in [1.807, 2.05) is 48.5 Å². The van der Waals surface area contributed by atoms with Crippen molar-refractivity contribution in [3.63, 3.8) is 0 Å². The molecule has 1 aliphatic carbocycles. The van der Waals surface area contributed by atoms with Gasteiger partial charge in [-0.25, -0.2) is 4.98 Å². The largest absolute Gasteiger partial charge is 0.497 e. The standard InChI is InChI=1S/C21H19N5O2S2/c1-28-15-9-10-16-17(11-15)30-20(22-16)23-18(27)12-29-21-25-24-19(13-7-8-13)26(21)14-5-3-2-4-6-14/h2-6,9-11,13H,7-8,12H2,1H3,(H,22,23,27). The Bertz CT molecular complexity index is 1200. The molecule has 7 nitrogen and oxygen atoms in total. The molecule has 0 radical (unpaired) electrons. The first-order valence-electron chi connectivity index (χ1n) is 9.59. The van der Waals surface area contributed by atoms with E-state index in [2.05, 4.69) is 25.1 Å². The number of methoxy groups -OCH3 is 1. The SMILES string of the molecule is COc1ccc2nc(NC(=O)CSc3nnc(C4CC4)n3-c3ccccc3)sc2c1. The van der Waals surface area contributed by atoms with Crippen LogP contribution in [0.15, 0.2) is 53.7 Å². The summed E-state index contributed by atoms with van der Waals surface area (Å²) in [6.45, 7) is 0. The predicted octanol–water partition coefficient (Wildman–Crippen LogP) is 4.49. The van der Waals surface area contributed by atoms with Crippen molar-refractivity contribution in [1.29, 1.82) is 0 Å². The molecule has 30 heavy (non-hydrogen) atoms. The summed E-state index contributed by atoms with van der Waals surface area (Å²) < 4.78 is 8.28. The van der Waals surface area contributed by atoms with Gasteiger partial charge in [-0.15, -0.1) is 10.2 Å². The van der Waals surface area contributed by atoms with Crippen molar-refractivity contribution in [3.8, 4) is 11.4 Å². The number of hydrogen-bond acceptors (Lipinski definition) is 7. The minimum absolute atomic E-state index is 0.124. The van der Waals surface area contributed by atoms with E-state index in [1.165, 1.54) is 23.1 Å². The van der Waals surface area contributed by atoms with Crippen LogP contribution in [0.1, 0.15) is 24.6 Å². The number of aromatic nitrogens is 4. The highest BCUT2D eigenvalue weighted by molar-refractivity contribution is 7.99. The van der Waals surface area contributed by atoms with Crippen molar-refractivity contribution in [1.82, 2.24) is 19.7 Å². The highest BCUT2D eigenvalue weighted by Crippen LogP contribution is 2.41. The normalized spacial score (nSPS) is 13.5. The number of anilines is 1. The van der Waals surface area contributed by atoms with Crippen LogP contribution in [0.2, 0.25) is 0 Å². The van der Waals surface area contributed by atoms with E-state index in [4.69, 9.17) is 4.74 Å². The van der Waals surface area contributed by atoms with Crippen molar-refractivity contribution < 1.29 is 9.53 Å². The molecule has 9 heteroatoms. The Kier molecular flexibility index (Phi) is 5.14. The molecule has 0 unspecified atom stereocenters. The zero-order chi connectivity index (χ0) is 20.5. The third-order valence-corrected chi connectivity index (χ3v) is 6.65. The first kappa shape index (κ1) is 19.1. The molecule has 4 aromatic rings. The summed E-state index contributed by atoms with van der Waals surface area (Å²) in [4.78, 5) is 17.0. The zero-order valence-electron chi connectivity index (χ0n) is 16.2. The molecule has 1 amide bonds. The average molecular weight is 438 g/mol. The number of rotatable bonds is 7. The highest BCUT2D eigenvalue weighted by Gasteiger charge is 2.31. The highest BCUT2D eigenvalue weighted by atomic mass is 32.2. The number of hydrogen-bond donors (Lipinski definition) is 1. The number of amides is 1. The van der Waals surface area contributed by atoms with E-state index in [9.17, 15) is 4.79 Å². The second-order valence-corrected chi connectivity index (χ2v) is 8.95. The molecule has 0 saturated heterocycles. The van der Waals surface area contributed by atoms with Gasteiger partial charge in [0.1, 0.15) is 11.6 Å². The maximum atomic E-state index is 12.5. The summed E-state index contributed by atoms with van der Waals surface area (Å²) in [5.74, 6) is 2.31. The van der Waals surface area contributed by atoms with Crippen LogP contribution < -0.4 is 10.1 Å². The molecule has 2 aromatic heterocycles. The van der Waals surface area contributed by atoms with Crippen LogP contribution in [0.3, 0.4) is 0 Å². The molecule has 1 aliphatic rings. The molecular formula is C21H19N5O2S2. The Morgan fingerprint density at radius 1 is 1.23 bits per heavy atom.